The number of nitrogen functional groups attached to an aromatic ring is 1. The van der Waals surface area contributed by atoms with Crippen molar-refractivity contribution < 1.29 is 9.13 Å². The zero-order chi connectivity index (χ0) is 13.8. The van der Waals surface area contributed by atoms with Gasteiger partial charge in [-0.3, -0.25) is 0 Å². The summed E-state index contributed by atoms with van der Waals surface area (Å²) < 4.78 is 19.4. The van der Waals surface area contributed by atoms with Crippen molar-refractivity contribution in [1.82, 2.24) is 0 Å². The number of ether oxygens (including phenoxy) is 1. The maximum absolute atomic E-state index is 13.3. The molecule has 0 aromatic heterocycles. The molecule has 0 aliphatic heterocycles. The first-order valence-electron chi connectivity index (χ1n) is 5.60. The summed E-state index contributed by atoms with van der Waals surface area (Å²) in [5.41, 5.74) is 7.43. The van der Waals surface area contributed by atoms with E-state index in [-0.39, 0.29) is 5.82 Å². The van der Waals surface area contributed by atoms with Gasteiger partial charge < -0.3 is 10.5 Å². The standard InChI is InChI=1S/C14H13BrFNOS/c1-18-13-5-3-11(16)6-9(13)8-19-14-7-10(15)2-4-12(14)17/h2-7H,8,17H2,1H3. The van der Waals surface area contributed by atoms with Gasteiger partial charge in [0.15, 0.2) is 0 Å². The zero-order valence-corrected chi connectivity index (χ0v) is 12.7. The van der Waals surface area contributed by atoms with Crippen LogP contribution in [0.25, 0.3) is 0 Å². The third-order valence-electron chi connectivity index (χ3n) is 2.60. The minimum atomic E-state index is -0.265. The first kappa shape index (κ1) is 14.2. The number of methoxy groups -OCH3 is 1. The van der Waals surface area contributed by atoms with Crippen LogP contribution >= 0.6 is 27.7 Å². The van der Waals surface area contributed by atoms with Crippen LogP contribution < -0.4 is 10.5 Å². The second-order valence-electron chi connectivity index (χ2n) is 3.93. The highest BCUT2D eigenvalue weighted by Gasteiger charge is 2.07. The van der Waals surface area contributed by atoms with Crippen molar-refractivity contribution in [3.8, 4) is 5.75 Å². The fourth-order valence-corrected chi connectivity index (χ4v) is 3.14. The Morgan fingerprint density at radius 2 is 2.05 bits per heavy atom. The first-order valence-corrected chi connectivity index (χ1v) is 7.38. The Morgan fingerprint density at radius 1 is 1.26 bits per heavy atom. The molecule has 2 aromatic rings. The van der Waals surface area contributed by atoms with Gasteiger partial charge in [-0.25, -0.2) is 4.39 Å². The molecule has 2 aromatic carbocycles. The molecular formula is C14H13BrFNOS. The van der Waals surface area contributed by atoms with E-state index in [0.717, 1.165) is 14.9 Å². The molecule has 0 aliphatic rings. The third-order valence-corrected chi connectivity index (χ3v) is 4.21. The van der Waals surface area contributed by atoms with Gasteiger partial charge in [0.25, 0.3) is 0 Å². The predicted octanol–water partition coefficient (Wildman–Crippen LogP) is 4.47. The molecule has 0 aliphatic carbocycles. The molecule has 2 rings (SSSR count). The highest BCUT2D eigenvalue weighted by Crippen LogP contribution is 2.33. The van der Waals surface area contributed by atoms with Crippen molar-refractivity contribution in [3.05, 3.63) is 52.3 Å². The number of hydrogen-bond donors (Lipinski definition) is 1. The van der Waals surface area contributed by atoms with Gasteiger partial charge in [0, 0.05) is 26.4 Å². The van der Waals surface area contributed by atoms with E-state index in [1.807, 2.05) is 18.2 Å². The summed E-state index contributed by atoms with van der Waals surface area (Å²) in [5.74, 6) is 1.02. The average molecular weight is 342 g/mol. The van der Waals surface area contributed by atoms with E-state index in [4.69, 9.17) is 10.5 Å². The fraction of sp³-hybridized carbons (Fsp3) is 0.143. The van der Waals surface area contributed by atoms with Crippen molar-refractivity contribution in [1.29, 1.82) is 0 Å². The molecule has 0 atom stereocenters. The van der Waals surface area contributed by atoms with Crippen molar-refractivity contribution in [3.63, 3.8) is 0 Å². The van der Waals surface area contributed by atoms with E-state index in [1.165, 1.54) is 12.1 Å². The summed E-state index contributed by atoms with van der Waals surface area (Å²) in [5, 5.41) is 0. The highest BCUT2D eigenvalue weighted by atomic mass is 79.9. The van der Waals surface area contributed by atoms with E-state index < -0.39 is 0 Å². The number of hydrogen-bond acceptors (Lipinski definition) is 3. The lowest BCUT2D eigenvalue weighted by Crippen LogP contribution is -1.93. The molecule has 0 bridgehead atoms. The van der Waals surface area contributed by atoms with E-state index in [9.17, 15) is 4.39 Å². The van der Waals surface area contributed by atoms with E-state index in [0.29, 0.717) is 17.2 Å². The lowest BCUT2D eigenvalue weighted by Gasteiger charge is -2.10. The van der Waals surface area contributed by atoms with Crippen LogP contribution in [0.15, 0.2) is 45.8 Å². The quantitative estimate of drug-likeness (QED) is 0.658. The SMILES string of the molecule is COc1ccc(F)cc1CSc1cc(Br)ccc1N. The van der Waals surface area contributed by atoms with Crippen LogP contribution in [0.1, 0.15) is 5.56 Å². The van der Waals surface area contributed by atoms with Crippen molar-refractivity contribution >= 4 is 33.4 Å². The Hall–Kier alpha value is -1.20. The predicted molar refractivity (Wildman–Crippen MR) is 81.1 cm³/mol. The second kappa shape index (κ2) is 6.30. The summed E-state index contributed by atoms with van der Waals surface area (Å²) in [4.78, 5) is 0.959. The van der Waals surface area contributed by atoms with Gasteiger partial charge in [0.2, 0.25) is 0 Å². The molecule has 0 amide bonds. The fourth-order valence-electron chi connectivity index (χ4n) is 1.65. The molecule has 0 saturated carbocycles. The largest absolute Gasteiger partial charge is 0.496 e. The molecule has 0 fully saturated rings. The van der Waals surface area contributed by atoms with Gasteiger partial charge in [-0.15, -0.1) is 11.8 Å². The summed E-state index contributed by atoms with van der Waals surface area (Å²) in [6, 6.07) is 10.2. The van der Waals surface area contributed by atoms with Gasteiger partial charge in [-0.05, 0) is 36.4 Å². The number of thioether (sulfide) groups is 1. The first-order chi connectivity index (χ1) is 9.10. The summed E-state index contributed by atoms with van der Waals surface area (Å²) in [6.45, 7) is 0. The van der Waals surface area contributed by atoms with Gasteiger partial charge >= 0.3 is 0 Å². The number of halogens is 2. The summed E-state index contributed by atoms with van der Waals surface area (Å²) >= 11 is 4.96. The Bertz CT molecular complexity index is 592. The van der Waals surface area contributed by atoms with Crippen LogP contribution in [0.3, 0.4) is 0 Å². The third kappa shape index (κ3) is 3.64. The van der Waals surface area contributed by atoms with Crippen molar-refractivity contribution in [2.24, 2.45) is 0 Å². The zero-order valence-electron chi connectivity index (χ0n) is 10.3. The average Bonchev–Trinajstić information content (AvgIpc) is 2.40. The van der Waals surface area contributed by atoms with Crippen molar-refractivity contribution in [2.75, 3.05) is 12.8 Å². The van der Waals surface area contributed by atoms with Gasteiger partial charge in [0.05, 0.1) is 7.11 Å². The number of anilines is 1. The van der Waals surface area contributed by atoms with Crippen LogP contribution in [0.4, 0.5) is 10.1 Å². The number of benzene rings is 2. The van der Waals surface area contributed by atoms with E-state index in [2.05, 4.69) is 15.9 Å². The topological polar surface area (TPSA) is 35.2 Å². The van der Waals surface area contributed by atoms with Crippen LogP contribution in [-0.4, -0.2) is 7.11 Å². The maximum atomic E-state index is 13.3. The molecule has 0 unspecified atom stereocenters. The molecule has 0 radical (unpaired) electrons. The Labute approximate surface area is 124 Å². The van der Waals surface area contributed by atoms with E-state index >= 15 is 0 Å². The Morgan fingerprint density at radius 3 is 2.79 bits per heavy atom. The van der Waals surface area contributed by atoms with Gasteiger partial charge in [-0.1, -0.05) is 15.9 Å². The Balaban J connectivity index is 2.18. The Kier molecular flexibility index (Phi) is 4.71. The molecule has 100 valence electrons. The van der Waals surface area contributed by atoms with Gasteiger partial charge in [-0.2, -0.15) is 0 Å². The number of rotatable bonds is 4. The molecule has 19 heavy (non-hydrogen) atoms. The second-order valence-corrected chi connectivity index (χ2v) is 5.86. The number of nitrogens with two attached hydrogens (primary N) is 1. The highest BCUT2D eigenvalue weighted by molar-refractivity contribution is 9.10. The normalized spacial score (nSPS) is 10.5. The monoisotopic (exact) mass is 341 g/mol. The molecule has 0 saturated heterocycles. The minimum absolute atomic E-state index is 0.265. The van der Waals surface area contributed by atoms with Crippen molar-refractivity contribution in [2.45, 2.75) is 10.6 Å². The molecular weight excluding hydrogens is 329 g/mol. The van der Waals surface area contributed by atoms with Crippen LogP contribution in [0.5, 0.6) is 5.75 Å². The maximum Gasteiger partial charge on any atom is 0.123 e. The molecule has 2 nitrogen and oxygen atoms in total. The summed E-state index contributed by atoms with van der Waals surface area (Å²) in [6.07, 6.45) is 0. The lowest BCUT2D eigenvalue weighted by molar-refractivity contribution is 0.410. The van der Waals surface area contributed by atoms with Crippen LogP contribution in [0.2, 0.25) is 0 Å². The molecule has 0 heterocycles. The summed E-state index contributed by atoms with van der Waals surface area (Å²) in [7, 11) is 1.58. The minimum Gasteiger partial charge on any atom is -0.496 e. The molecule has 0 spiro atoms. The van der Waals surface area contributed by atoms with Gasteiger partial charge in [0.1, 0.15) is 11.6 Å². The molecule has 2 N–H and O–H groups in total. The lowest BCUT2D eigenvalue weighted by atomic mass is 10.2. The molecule has 5 heteroatoms. The van der Waals surface area contributed by atoms with Crippen LogP contribution in [-0.2, 0) is 5.75 Å². The van der Waals surface area contributed by atoms with Crippen LogP contribution in [0, 0.1) is 5.82 Å². The van der Waals surface area contributed by atoms with E-state index in [1.54, 1.807) is 24.9 Å². The smallest absolute Gasteiger partial charge is 0.123 e.